The van der Waals surface area contributed by atoms with Gasteiger partial charge < -0.3 is 15.7 Å². The summed E-state index contributed by atoms with van der Waals surface area (Å²) in [7, 11) is 0. The molecule has 0 aliphatic carbocycles. The van der Waals surface area contributed by atoms with E-state index < -0.39 is 5.97 Å². The van der Waals surface area contributed by atoms with E-state index in [1.807, 2.05) is 0 Å². The summed E-state index contributed by atoms with van der Waals surface area (Å²) in [4.78, 5) is 23.8. The SMILES string of the molecule is CC(=O)N1CCC(n2ncc(C(=O)O)c2N)CC1. The molecular weight excluding hydrogens is 236 g/mol. The third-order valence-corrected chi connectivity index (χ3v) is 3.32. The molecule has 2 rings (SSSR count). The topological polar surface area (TPSA) is 101 Å². The summed E-state index contributed by atoms with van der Waals surface area (Å²) >= 11 is 0. The van der Waals surface area contributed by atoms with E-state index in [9.17, 15) is 9.59 Å². The van der Waals surface area contributed by atoms with Gasteiger partial charge in [-0.25, -0.2) is 9.48 Å². The molecule has 98 valence electrons. The Labute approximate surface area is 104 Å². The lowest BCUT2D eigenvalue weighted by Gasteiger charge is -2.31. The number of likely N-dealkylation sites (tertiary alicyclic amines) is 1. The van der Waals surface area contributed by atoms with Crippen LogP contribution in [-0.2, 0) is 4.79 Å². The van der Waals surface area contributed by atoms with Crippen molar-refractivity contribution in [1.29, 1.82) is 0 Å². The number of rotatable bonds is 2. The average Bonchev–Trinajstić information content (AvgIpc) is 2.71. The predicted octanol–water partition coefficient (Wildman–Crippen LogP) is 0.347. The van der Waals surface area contributed by atoms with Gasteiger partial charge >= 0.3 is 5.97 Å². The highest BCUT2D eigenvalue weighted by Gasteiger charge is 2.25. The van der Waals surface area contributed by atoms with E-state index in [-0.39, 0.29) is 23.3 Å². The Morgan fingerprint density at radius 3 is 2.50 bits per heavy atom. The monoisotopic (exact) mass is 252 g/mol. The van der Waals surface area contributed by atoms with Gasteiger partial charge in [-0.3, -0.25) is 4.79 Å². The Morgan fingerprint density at radius 2 is 2.06 bits per heavy atom. The number of hydrogen-bond acceptors (Lipinski definition) is 4. The molecule has 7 nitrogen and oxygen atoms in total. The Morgan fingerprint density at radius 1 is 1.44 bits per heavy atom. The van der Waals surface area contributed by atoms with Crippen LogP contribution in [0.3, 0.4) is 0 Å². The van der Waals surface area contributed by atoms with Crippen LogP contribution in [0.15, 0.2) is 6.20 Å². The summed E-state index contributed by atoms with van der Waals surface area (Å²) in [6, 6.07) is 0.0636. The molecule has 0 aromatic carbocycles. The second kappa shape index (κ2) is 4.67. The van der Waals surface area contributed by atoms with E-state index in [0.717, 1.165) is 12.8 Å². The average molecular weight is 252 g/mol. The summed E-state index contributed by atoms with van der Waals surface area (Å²) in [6.07, 6.45) is 2.75. The maximum Gasteiger partial charge on any atom is 0.341 e. The standard InChI is InChI=1S/C11H16N4O3/c1-7(16)14-4-2-8(3-5-14)15-10(12)9(6-13-15)11(17)18/h6,8H,2-5,12H2,1H3,(H,17,18). The zero-order valence-corrected chi connectivity index (χ0v) is 10.2. The molecule has 0 bridgehead atoms. The second-order valence-corrected chi connectivity index (χ2v) is 4.43. The van der Waals surface area contributed by atoms with Gasteiger partial charge in [0, 0.05) is 20.0 Å². The van der Waals surface area contributed by atoms with E-state index >= 15 is 0 Å². The van der Waals surface area contributed by atoms with Crippen molar-refractivity contribution in [3.05, 3.63) is 11.8 Å². The Hall–Kier alpha value is -2.05. The second-order valence-electron chi connectivity index (χ2n) is 4.43. The first-order chi connectivity index (χ1) is 8.50. The molecule has 18 heavy (non-hydrogen) atoms. The molecule has 1 fully saturated rings. The van der Waals surface area contributed by atoms with Crippen molar-refractivity contribution in [2.75, 3.05) is 18.8 Å². The first-order valence-electron chi connectivity index (χ1n) is 5.82. The van der Waals surface area contributed by atoms with Crippen molar-refractivity contribution in [1.82, 2.24) is 14.7 Å². The van der Waals surface area contributed by atoms with Crippen molar-refractivity contribution >= 4 is 17.7 Å². The van der Waals surface area contributed by atoms with Crippen LogP contribution in [0, 0.1) is 0 Å². The highest BCUT2D eigenvalue weighted by molar-refractivity contribution is 5.92. The van der Waals surface area contributed by atoms with Crippen LogP contribution in [0.1, 0.15) is 36.2 Å². The van der Waals surface area contributed by atoms with Crippen LogP contribution in [0.5, 0.6) is 0 Å². The minimum Gasteiger partial charge on any atom is -0.477 e. The highest BCUT2D eigenvalue weighted by Crippen LogP contribution is 2.26. The van der Waals surface area contributed by atoms with E-state index in [0.29, 0.717) is 13.1 Å². The van der Waals surface area contributed by atoms with Gasteiger partial charge in [-0.1, -0.05) is 0 Å². The number of carbonyl (C=O) groups is 2. The minimum atomic E-state index is -1.07. The summed E-state index contributed by atoms with van der Waals surface area (Å²) in [6.45, 7) is 2.86. The van der Waals surface area contributed by atoms with Crippen LogP contribution in [0.25, 0.3) is 0 Å². The number of nitrogens with two attached hydrogens (primary N) is 1. The molecule has 2 heterocycles. The number of carboxylic acid groups (broad SMARTS) is 1. The number of carboxylic acids is 1. The van der Waals surface area contributed by atoms with E-state index in [1.165, 1.54) is 6.20 Å². The van der Waals surface area contributed by atoms with Crippen LogP contribution in [-0.4, -0.2) is 44.8 Å². The number of piperidine rings is 1. The molecule has 3 N–H and O–H groups in total. The predicted molar refractivity (Wildman–Crippen MR) is 64.1 cm³/mol. The smallest absolute Gasteiger partial charge is 0.341 e. The summed E-state index contributed by atoms with van der Waals surface area (Å²) in [5.74, 6) is -0.822. The number of nitrogens with zero attached hydrogens (tertiary/aromatic N) is 3. The number of aromatic carboxylic acids is 1. The van der Waals surface area contributed by atoms with E-state index in [1.54, 1.807) is 16.5 Å². The fourth-order valence-corrected chi connectivity index (χ4v) is 2.25. The number of anilines is 1. The summed E-state index contributed by atoms with van der Waals surface area (Å²) in [5, 5.41) is 12.9. The summed E-state index contributed by atoms with van der Waals surface area (Å²) < 4.78 is 1.56. The van der Waals surface area contributed by atoms with Crippen molar-refractivity contribution < 1.29 is 14.7 Å². The van der Waals surface area contributed by atoms with Crippen molar-refractivity contribution in [3.63, 3.8) is 0 Å². The summed E-state index contributed by atoms with van der Waals surface area (Å²) in [5.41, 5.74) is 5.80. The number of nitrogen functional groups attached to an aromatic ring is 1. The first kappa shape index (κ1) is 12.4. The van der Waals surface area contributed by atoms with Crippen LogP contribution < -0.4 is 5.73 Å². The largest absolute Gasteiger partial charge is 0.477 e. The van der Waals surface area contributed by atoms with Crippen molar-refractivity contribution in [2.24, 2.45) is 0 Å². The molecule has 1 aliphatic rings. The molecule has 7 heteroatoms. The molecule has 0 atom stereocenters. The maximum absolute atomic E-state index is 11.2. The highest BCUT2D eigenvalue weighted by atomic mass is 16.4. The van der Waals surface area contributed by atoms with Gasteiger partial charge in [0.1, 0.15) is 11.4 Å². The zero-order chi connectivity index (χ0) is 13.3. The van der Waals surface area contributed by atoms with E-state index in [4.69, 9.17) is 10.8 Å². The van der Waals surface area contributed by atoms with Crippen LogP contribution in [0.2, 0.25) is 0 Å². The molecular formula is C11H16N4O3. The molecule has 1 aromatic heterocycles. The molecule has 1 aliphatic heterocycles. The lowest BCUT2D eigenvalue weighted by molar-refractivity contribution is -0.130. The number of amides is 1. The lowest BCUT2D eigenvalue weighted by atomic mass is 10.1. The van der Waals surface area contributed by atoms with Gasteiger partial charge in [0.05, 0.1) is 12.2 Å². The quantitative estimate of drug-likeness (QED) is 0.790. The molecule has 0 radical (unpaired) electrons. The fourth-order valence-electron chi connectivity index (χ4n) is 2.25. The van der Waals surface area contributed by atoms with Crippen LogP contribution in [0.4, 0.5) is 5.82 Å². The molecule has 0 saturated carbocycles. The van der Waals surface area contributed by atoms with Crippen LogP contribution >= 0.6 is 0 Å². The van der Waals surface area contributed by atoms with Crippen molar-refractivity contribution in [3.8, 4) is 0 Å². The van der Waals surface area contributed by atoms with Gasteiger partial charge in [-0.05, 0) is 12.8 Å². The van der Waals surface area contributed by atoms with Gasteiger partial charge in [-0.15, -0.1) is 0 Å². The van der Waals surface area contributed by atoms with Gasteiger partial charge in [0.25, 0.3) is 0 Å². The number of aromatic nitrogens is 2. The Kier molecular flexibility index (Phi) is 3.22. The normalized spacial score (nSPS) is 16.8. The first-order valence-corrected chi connectivity index (χ1v) is 5.82. The lowest BCUT2D eigenvalue weighted by Crippen LogP contribution is -2.38. The zero-order valence-electron chi connectivity index (χ0n) is 10.2. The van der Waals surface area contributed by atoms with Gasteiger partial charge in [0.2, 0.25) is 5.91 Å². The number of hydrogen-bond donors (Lipinski definition) is 2. The molecule has 0 spiro atoms. The van der Waals surface area contributed by atoms with Gasteiger partial charge in [0.15, 0.2) is 0 Å². The third-order valence-electron chi connectivity index (χ3n) is 3.32. The Bertz CT molecular complexity index is 475. The van der Waals surface area contributed by atoms with E-state index in [2.05, 4.69) is 5.10 Å². The molecule has 0 unspecified atom stereocenters. The van der Waals surface area contributed by atoms with Gasteiger partial charge in [-0.2, -0.15) is 5.10 Å². The van der Waals surface area contributed by atoms with Crippen molar-refractivity contribution in [2.45, 2.75) is 25.8 Å². The number of carbonyl (C=O) groups excluding carboxylic acids is 1. The fraction of sp³-hybridized carbons (Fsp3) is 0.545. The minimum absolute atomic E-state index is 0.0315. The Balaban J connectivity index is 2.10. The maximum atomic E-state index is 11.2. The third kappa shape index (κ3) is 2.15. The molecule has 1 aromatic rings. The molecule has 1 saturated heterocycles. The molecule has 1 amide bonds.